The van der Waals surface area contributed by atoms with E-state index in [0.29, 0.717) is 16.6 Å². The van der Waals surface area contributed by atoms with Crippen LogP contribution in [0.2, 0.25) is 5.02 Å². The summed E-state index contributed by atoms with van der Waals surface area (Å²) in [5.74, 6) is -0.431. The Balaban J connectivity index is 2.34. The van der Waals surface area contributed by atoms with Crippen LogP contribution in [0.4, 0.5) is 5.69 Å². The van der Waals surface area contributed by atoms with Gasteiger partial charge in [-0.2, -0.15) is 0 Å². The number of carbonyl (C=O) groups excluding carboxylic acids is 1. The number of nitrogens with zero attached hydrogens (tertiary/aromatic N) is 1. The predicted octanol–water partition coefficient (Wildman–Crippen LogP) is 2.02. The molecule has 0 saturated carbocycles. The minimum atomic E-state index is -0.431. The molecule has 19 heavy (non-hydrogen) atoms. The molecule has 1 unspecified atom stereocenters. The van der Waals surface area contributed by atoms with E-state index in [-0.39, 0.29) is 0 Å². The zero-order valence-electron chi connectivity index (χ0n) is 11.2. The van der Waals surface area contributed by atoms with Crippen molar-refractivity contribution in [3.8, 4) is 0 Å². The SMILES string of the molecule is CCN(c1ccc(Cl)cc1C(N)=O)C1CCCNC1. The van der Waals surface area contributed by atoms with E-state index in [1.54, 1.807) is 6.07 Å². The van der Waals surface area contributed by atoms with Crippen molar-refractivity contribution in [2.24, 2.45) is 5.73 Å². The van der Waals surface area contributed by atoms with Crippen LogP contribution in [0.15, 0.2) is 18.2 Å². The zero-order chi connectivity index (χ0) is 13.8. The number of carbonyl (C=O) groups is 1. The maximum absolute atomic E-state index is 11.6. The molecule has 0 aromatic heterocycles. The van der Waals surface area contributed by atoms with Crippen molar-refractivity contribution >= 4 is 23.2 Å². The summed E-state index contributed by atoms with van der Waals surface area (Å²) in [5, 5.41) is 3.93. The highest BCUT2D eigenvalue weighted by Crippen LogP contribution is 2.27. The molecular weight excluding hydrogens is 262 g/mol. The minimum Gasteiger partial charge on any atom is -0.367 e. The Morgan fingerprint density at radius 2 is 2.37 bits per heavy atom. The third-order valence-corrected chi connectivity index (χ3v) is 3.82. The van der Waals surface area contributed by atoms with Gasteiger partial charge in [0.05, 0.1) is 5.56 Å². The Bertz CT molecular complexity index is 458. The van der Waals surface area contributed by atoms with Crippen LogP contribution >= 0.6 is 11.6 Å². The van der Waals surface area contributed by atoms with Gasteiger partial charge in [-0.05, 0) is 44.5 Å². The van der Waals surface area contributed by atoms with Gasteiger partial charge in [-0.25, -0.2) is 0 Å². The van der Waals surface area contributed by atoms with E-state index in [0.717, 1.165) is 38.2 Å². The Hall–Kier alpha value is -1.26. The fourth-order valence-electron chi connectivity index (χ4n) is 2.68. The van der Waals surface area contributed by atoms with Crippen LogP contribution in [-0.4, -0.2) is 31.6 Å². The number of primary amides is 1. The Morgan fingerprint density at radius 1 is 1.58 bits per heavy atom. The summed E-state index contributed by atoms with van der Waals surface area (Å²) in [6.45, 7) is 4.94. The maximum Gasteiger partial charge on any atom is 0.250 e. The van der Waals surface area contributed by atoms with E-state index in [4.69, 9.17) is 17.3 Å². The molecule has 0 spiro atoms. The van der Waals surface area contributed by atoms with Crippen LogP contribution in [0, 0.1) is 0 Å². The largest absolute Gasteiger partial charge is 0.367 e. The van der Waals surface area contributed by atoms with Crippen molar-refractivity contribution in [2.45, 2.75) is 25.8 Å². The first kappa shape index (κ1) is 14.2. The van der Waals surface area contributed by atoms with Gasteiger partial charge in [0.1, 0.15) is 0 Å². The van der Waals surface area contributed by atoms with Crippen molar-refractivity contribution in [3.05, 3.63) is 28.8 Å². The molecular formula is C14H20ClN3O. The molecule has 1 amide bonds. The van der Waals surface area contributed by atoms with Crippen molar-refractivity contribution < 1.29 is 4.79 Å². The number of rotatable bonds is 4. The molecule has 1 aromatic rings. The van der Waals surface area contributed by atoms with Crippen molar-refractivity contribution in [1.82, 2.24) is 5.32 Å². The number of amides is 1. The highest BCUT2D eigenvalue weighted by Gasteiger charge is 2.23. The van der Waals surface area contributed by atoms with Crippen LogP contribution in [-0.2, 0) is 0 Å². The van der Waals surface area contributed by atoms with Crippen LogP contribution in [0.1, 0.15) is 30.1 Å². The quantitative estimate of drug-likeness (QED) is 0.888. The van der Waals surface area contributed by atoms with Gasteiger partial charge in [0.25, 0.3) is 5.91 Å². The third kappa shape index (κ3) is 3.19. The van der Waals surface area contributed by atoms with E-state index in [2.05, 4.69) is 17.1 Å². The molecule has 1 atom stereocenters. The van der Waals surface area contributed by atoms with Gasteiger partial charge in [-0.15, -0.1) is 0 Å². The first-order valence-electron chi connectivity index (χ1n) is 6.70. The monoisotopic (exact) mass is 281 g/mol. The van der Waals surface area contributed by atoms with Crippen LogP contribution in [0.25, 0.3) is 0 Å². The number of hydrogen-bond acceptors (Lipinski definition) is 3. The average molecular weight is 282 g/mol. The zero-order valence-corrected chi connectivity index (χ0v) is 11.9. The van der Waals surface area contributed by atoms with Gasteiger partial charge in [-0.3, -0.25) is 4.79 Å². The highest BCUT2D eigenvalue weighted by atomic mass is 35.5. The predicted molar refractivity (Wildman–Crippen MR) is 78.9 cm³/mol. The molecule has 5 heteroatoms. The Labute approximate surface area is 118 Å². The molecule has 1 aliphatic rings. The molecule has 3 N–H and O–H groups in total. The summed E-state index contributed by atoms with van der Waals surface area (Å²) < 4.78 is 0. The lowest BCUT2D eigenvalue weighted by Crippen LogP contribution is -2.46. The molecule has 1 fully saturated rings. The molecule has 1 aliphatic heterocycles. The van der Waals surface area contributed by atoms with E-state index in [1.165, 1.54) is 0 Å². The summed E-state index contributed by atoms with van der Waals surface area (Å²) in [7, 11) is 0. The van der Waals surface area contributed by atoms with Crippen molar-refractivity contribution in [2.75, 3.05) is 24.5 Å². The molecule has 1 saturated heterocycles. The Morgan fingerprint density at radius 3 is 2.95 bits per heavy atom. The molecule has 0 radical (unpaired) electrons. The lowest BCUT2D eigenvalue weighted by molar-refractivity contribution is 0.100. The number of piperidine rings is 1. The first-order valence-corrected chi connectivity index (χ1v) is 7.08. The number of likely N-dealkylation sites (N-methyl/N-ethyl adjacent to an activating group) is 1. The Kier molecular flexibility index (Phi) is 4.66. The topological polar surface area (TPSA) is 58.4 Å². The molecule has 0 bridgehead atoms. The van der Waals surface area contributed by atoms with E-state index in [9.17, 15) is 4.79 Å². The van der Waals surface area contributed by atoms with E-state index < -0.39 is 5.91 Å². The molecule has 1 aromatic carbocycles. The molecule has 104 valence electrons. The second-order valence-electron chi connectivity index (χ2n) is 4.81. The van der Waals surface area contributed by atoms with E-state index >= 15 is 0 Å². The van der Waals surface area contributed by atoms with Crippen LogP contribution in [0.5, 0.6) is 0 Å². The second-order valence-corrected chi connectivity index (χ2v) is 5.25. The van der Waals surface area contributed by atoms with Gasteiger partial charge >= 0.3 is 0 Å². The van der Waals surface area contributed by atoms with E-state index in [1.807, 2.05) is 12.1 Å². The average Bonchev–Trinajstić information content (AvgIpc) is 2.42. The van der Waals surface area contributed by atoms with Crippen molar-refractivity contribution in [3.63, 3.8) is 0 Å². The minimum absolute atomic E-state index is 0.401. The van der Waals surface area contributed by atoms with Crippen LogP contribution in [0.3, 0.4) is 0 Å². The van der Waals surface area contributed by atoms with Crippen LogP contribution < -0.4 is 16.0 Å². The molecule has 2 rings (SSSR count). The normalized spacial score (nSPS) is 19.2. The van der Waals surface area contributed by atoms with Gasteiger partial charge < -0.3 is 16.0 Å². The van der Waals surface area contributed by atoms with Gasteiger partial charge in [0, 0.05) is 29.8 Å². The molecule has 1 heterocycles. The number of nitrogens with two attached hydrogens (primary N) is 1. The summed E-state index contributed by atoms with van der Waals surface area (Å²) in [6, 6.07) is 5.75. The number of halogens is 1. The fourth-order valence-corrected chi connectivity index (χ4v) is 2.85. The number of nitrogens with one attached hydrogen (secondary N) is 1. The second kappa shape index (κ2) is 6.26. The summed E-state index contributed by atoms with van der Waals surface area (Å²) in [4.78, 5) is 13.8. The van der Waals surface area contributed by atoms with Gasteiger partial charge in [0.2, 0.25) is 0 Å². The van der Waals surface area contributed by atoms with Gasteiger partial charge in [-0.1, -0.05) is 11.6 Å². The lowest BCUT2D eigenvalue weighted by Gasteiger charge is -2.36. The van der Waals surface area contributed by atoms with Crippen molar-refractivity contribution in [1.29, 1.82) is 0 Å². The fraction of sp³-hybridized carbons (Fsp3) is 0.500. The molecule has 4 nitrogen and oxygen atoms in total. The first-order chi connectivity index (χ1) is 9.13. The molecule has 0 aliphatic carbocycles. The maximum atomic E-state index is 11.6. The number of anilines is 1. The van der Waals surface area contributed by atoms with Gasteiger partial charge in [0.15, 0.2) is 0 Å². The third-order valence-electron chi connectivity index (χ3n) is 3.59. The standard InChI is InChI=1S/C14H20ClN3O/c1-2-18(11-4-3-7-17-9-11)13-6-5-10(15)8-12(13)14(16)19/h5-6,8,11,17H,2-4,7,9H2,1H3,(H2,16,19). The number of hydrogen-bond donors (Lipinski definition) is 2. The summed E-state index contributed by atoms with van der Waals surface area (Å²) >= 11 is 5.96. The number of benzene rings is 1. The summed E-state index contributed by atoms with van der Waals surface area (Å²) in [5.41, 5.74) is 6.85. The highest BCUT2D eigenvalue weighted by molar-refractivity contribution is 6.31. The smallest absolute Gasteiger partial charge is 0.250 e. The summed E-state index contributed by atoms with van der Waals surface area (Å²) in [6.07, 6.45) is 2.28. The lowest BCUT2D eigenvalue weighted by atomic mass is 10.0.